The lowest BCUT2D eigenvalue weighted by Crippen LogP contribution is -2.34. The second-order valence-electron chi connectivity index (χ2n) is 9.50. The van der Waals surface area contributed by atoms with Gasteiger partial charge < -0.3 is 19.3 Å². The fourth-order valence-corrected chi connectivity index (χ4v) is 4.36. The molecule has 8 nitrogen and oxygen atoms in total. The van der Waals surface area contributed by atoms with Gasteiger partial charge in [0.1, 0.15) is 17.2 Å². The zero-order chi connectivity index (χ0) is 24.7. The van der Waals surface area contributed by atoms with E-state index in [1.807, 2.05) is 53.7 Å². The van der Waals surface area contributed by atoms with E-state index in [0.29, 0.717) is 40.7 Å². The Kier molecular flexibility index (Phi) is 6.35. The summed E-state index contributed by atoms with van der Waals surface area (Å²) in [5.41, 5.74) is 2.05. The number of carboxylic acids is 1. The molecule has 1 amide bonds. The summed E-state index contributed by atoms with van der Waals surface area (Å²) >= 11 is 0. The molecule has 1 N–H and O–H groups in total. The fraction of sp³-hybridized carbons (Fsp3) is 0.440. The first-order valence-electron chi connectivity index (χ1n) is 10.6. The molecule has 1 heterocycles. The molecule has 0 radical (unpaired) electrons. The molecule has 0 bridgehead atoms. The lowest BCUT2D eigenvalue weighted by atomic mass is 9.72. The number of carboxylic acid groups (broad SMARTS) is 1. The van der Waals surface area contributed by atoms with Gasteiger partial charge in [-0.1, -0.05) is 19.9 Å². The molecule has 8 heteroatoms. The number of benzene rings is 2. The third-order valence-electron chi connectivity index (χ3n) is 5.59. The van der Waals surface area contributed by atoms with Crippen LogP contribution in [0.5, 0.6) is 23.0 Å². The molecule has 0 atom stereocenters. The van der Waals surface area contributed by atoms with Crippen molar-refractivity contribution in [3.05, 3.63) is 40.5 Å². The molecule has 0 saturated carbocycles. The average Bonchev–Trinajstić information content (AvgIpc) is 2.71. The molecule has 0 unspecified atom stereocenters. The number of hydrogen-bond donors (Lipinski definition) is 1. The number of amides is 1. The Balaban J connectivity index is 2.36. The average molecular weight is 458 g/mol. The standard InChI is InChI=1S/C25H31NO7/c1-14-11-18(31-8)15(12-19(28)29)22-20(14)25(5,6)16-9-10-17(30-7)21(23(16)32-22)26(13-27)33-24(2,3)4/h9-11,13H,12H2,1-8H3,(H,28,29). The van der Waals surface area contributed by atoms with Crippen LogP contribution in [-0.4, -0.2) is 37.3 Å². The van der Waals surface area contributed by atoms with Gasteiger partial charge in [0.25, 0.3) is 0 Å². The van der Waals surface area contributed by atoms with Crippen molar-refractivity contribution in [1.29, 1.82) is 0 Å². The van der Waals surface area contributed by atoms with Crippen LogP contribution in [0.3, 0.4) is 0 Å². The minimum atomic E-state index is -1.01. The lowest BCUT2D eigenvalue weighted by molar-refractivity contribution is -0.136. The Morgan fingerprint density at radius 1 is 1.15 bits per heavy atom. The number of hydroxylamine groups is 1. The van der Waals surface area contributed by atoms with Crippen molar-refractivity contribution in [2.75, 3.05) is 19.3 Å². The van der Waals surface area contributed by atoms with E-state index in [-0.39, 0.29) is 6.42 Å². The highest BCUT2D eigenvalue weighted by atomic mass is 16.7. The van der Waals surface area contributed by atoms with Crippen molar-refractivity contribution in [3.8, 4) is 23.0 Å². The molecule has 1 aliphatic heterocycles. The number of carbonyl (C=O) groups excluding carboxylic acids is 1. The van der Waals surface area contributed by atoms with Crippen LogP contribution in [0.2, 0.25) is 0 Å². The summed E-state index contributed by atoms with van der Waals surface area (Å²) in [5, 5.41) is 10.7. The third-order valence-corrected chi connectivity index (χ3v) is 5.59. The number of carbonyl (C=O) groups is 2. The molecular weight excluding hydrogens is 426 g/mol. The number of fused-ring (bicyclic) bond motifs is 2. The highest BCUT2D eigenvalue weighted by Gasteiger charge is 2.41. The number of anilines is 1. The van der Waals surface area contributed by atoms with Gasteiger partial charge in [-0.25, -0.2) is 0 Å². The molecule has 1 aliphatic rings. The van der Waals surface area contributed by atoms with Gasteiger partial charge in [-0.15, -0.1) is 0 Å². The predicted molar refractivity (Wildman–Crippen MR) is 124 cm³/mol. The highest BCUT2D eigenvalue weighted by Crippen LogP contribution is 2.57. The number of rotatable bonds is 7. The van der Waals surface area contributed by atoms with Gasteiger partial charge in [0, 0.05) is 22.1 Å². The number of aliphatic carboxylic acids is 1. The summed E-state index contributed by atoms with van der Waals surface area (Å²) in [4.78, 5) is 29.7. The van der Waals surface area contributed by atoms with Crippen molar-refractivity contribution < 1.29 is 33.7 Å². The van der Waals surface area contributed by atoms with E-state index in [2.05, 4.69) is 0 Å². The Bertz CT molecular complexity index is 1100. The number of hydrogen-bond acceptors (Lipinski definition) is 6. The van der Waals surface area contributed by atoms with E-state index in [1.165, 1.54) is 14.2 Å². The van der Waals surface area contributed by atoms with E-state index in [4.69, 9.17) is 19.0 Å². The van der Waals surface area contributed by atoms with E-state index in [0.717, 1.165) is 21.8 Å². The second kappa shape index (κ2) is 8.59. The minimum Gasteiger partial charge on any atom is -0.496 e. The Morgan fingerprint density at radius 3 is 2.30 bits per heavy atom. The number of aryl methyl sites for hydroxylation is 1. The molecule has 2 aromatic rings. The highest BCUT2D eigenvalue weighted by molar-refractivity contribution is 5.85. The largest absolute Gasteiger partial charge is 0.496 e. The molecule has 0 aliphatic carbocycles. The summed E-state index contributed by atoms with van der Waals surface area (Å²) in [7, 11) is 2.99. The Labute approximate surface area is 194 Å². The summed E-state index contributed by atoms with van der Waals surface area (Å²) < 4.78 is 17.5. The van der Waals surface area contributed by atoms with Gasteiger partial charge in [0.15, 0.2) is 11.4 Å². The van der Waals surface area contributed by atoms with Crippen LogP contribution in [-0.2, 0) is 26.3 Å². The molecule has 0 aromatic heterocycles. The molecular formula is C25H31NO7. The zero-order valence-electron chi connectivity index (χ0n) is 20.4. The fourth-order valence-electron chi connectivity index (χ4n) is 4.36. The van der Waals surface area contributed by atoms with Crippen LogP contribution < -0.4 is 19.3 Å². The first-order valence-corrected chi connectivity index (χ1v) is 10.6. The summed E-state index contributed by atoms with van der Waals surface area (Å²) in [6.45, 7) is 11.5. The van der Waals surface area contributed by atoms with Crippen molar-refractivity contribution in [3.63, 3.8) is 0 Å². The van der Waals surface area contributed by atoms with Crippen LogP contribution in [0.25, 0.3) is 0 Å². The monoisotopic (exact) mass is 457 g/mol. The number of methoxy groups -OCH3 is 2. The van der Waals surface area contributed by atoms with Crippen molar-refractivity contribution in [1.82, 2.24) is 0 Å². The maximum atomic E-state index is 12.1. The zero-order valence-corrected chi connectivity index (χ0v) is 20.4. The van der Waals surface area contributed by atoms with Crippen LogP contribution >= 0.6 is 0 Å². The minimum absolute atomic E-state index is 0.285. The van der Waals surface area contributed by atoms with Crippen molar-refractivity contribution in [2.45, 2.75) is 59.0 Å². The molecule has 178 valence electrons. The first-order chi connectivity index (χ1) is 15.3. The quantitative estimate of drug-likeness (QED) is 0.473. The van der Waals surface area contributed by atoms with E-state index >= 15 is 0 Å². The normalized spacial score (nSPS) is 13.9. The summed E-state index contributed by atoms with van der Waals surface area (Å²) in [5.74, 6) is 0.563. The molecule has 3 rings (SSSR count). The predicted octanol–water partition coefficient (Wildman–Crippen LogP) is 4.76. The van der Waals surface area contributed by atoms with Crippen molar-refractivity contribution >= 4 is 18.1 Å². The van der Waals surface area contributed by atoms with Crippen LogP contribution in [0.4, 0.5) is 5.69 Å². The van der Waals surface area contributed by atoms with E-state index in [1.54, 1.807) is 6.07 Å². The SMILES string of the molecule is COc1cc(C)c2c(c1CC(=O)O)Oc1c(ccc(OC)c1N(C=O)OC(C)(C)C)C2(C)C. The Morgan fingerprint density at radius 2 is 1.79 bits per heavy atom. The molecule has 0 spiro atoms. The molecule has 0 saturated heterocycles. The Hall–Kier alpha value is -3.26. The molecule has 2 aromatic carbocycles. The van der Waals surface area contributed by atoms with E-state index in [9.17, 15) is 14.7 Å². The van der Waals surface area contributed by atoms with Gasteiger partial charge in [-0.05, 0) is 45.4 Å². The summed E-state index contributed by atoms with van der Waals surface area (Å²) in [6, 6.07) is 5.49. The molecule has 33 heavy (non-hydrogen) atoms. The smallest absolute Gasteiger partial charge is 0.308 e. The van der Waals surface area contributed by atoms with E-state index < -0.39 is 17.0 Å². The molecule has 0 fully saturated rings. The second-order valence-corrected chi connectivity index (χ2v) is 9.50. The van der Waals surface area contributed by atoms with Crippen LogP contribution in [0, 0.1) is 6.92 Å². The van der Waals surface area contributed by atoms with Crippen LogP contribution in [0.1, 0.15) is 56.9 Å². The third kappa shape index (κ3) is 4.35. The number of ether oxygens (including phenoxy) is 3. The van der Waals surface area contributed by atoms with Gasteiger partial charge in [0.05, 0.1) is 26.2 Å². The lowest BCUT2D eigenvalue weighted by Gasteiger charge is -2.39. The maximum Gasteiger partial charge on any atom is 0.308 e. The number of nitrogens with zero attached hydrogens (tertiary/aromatic N) is 1. The van der Waals surface area contributed by atoms with Gasteiger partial charge in [0.2, 0.25) is 6.41 Å². The topological polar surface area (TPSA) is 94.5 Å². The van der Waals surface area contributed by atoms with Gasteiger partial charge >= 0.3 is 5.97 Å². The van der Waals surface area contributed by atoms with Crippen molar-refractivity contribution in [2.24, 2.45) is 0 Å². The van der Waals surface area contributed by atoms with Crippen LogP contribution in [0.15, 0.2) is 18.2 Å². The summed E-state index contributed by atoms with van der Waals surface area (Å²) in [6.07, 6.45) is 0.274. The first kappa shape index (κ1) is 24.4. The van der Waals surface area contributed by atoms with Gasteiger partial charge in [-0.2, -0.15) is 5.06 Å². The maximum absolute atomic E-state index is 12.1. The van der Waals surface area contributed by atoms with Gasteiger partial charge in [-0.3, -0.25) is 14.4 Å².